The van der Waals surface area contributed by atoms with Gasteiger partial charge in [-0.25, -0.2) is 0 Å². The van der Waals surface area contributed by atoms with Crippen LogP contribution in [0.25, 0.3) is 0 Å². The Morgan fingerprint density at radius 2 is 2.00 bits per heavy atom. The zero-order chi connectivity index (χ0) is 14.9. The molecule has 0 aromatic heterocycles. The summed E-state index contributed by atoms with van der Waals surface area (Å²) in [6, 6.07) is 5.56. The summed E-state index contributed by atoms with van der Waals surface area (Å²) >= 11 is 12.2. The Morgan fingerprint density at radius 1 is 1.30 bits per heavy atom. The fourth-order valence-electron chi connectivity index (χ4n) is 3.74. The molecule has 0 saturated heterocycles. The molecule has 0 bridgehead atoms. The molecular weight excluding hydrogens is 291 g/mol. The van der Waals surface area contributed by atoms with Gasteiger partial charge in [0, 0.05) is 16.5 Å². The Balaban J connectivity index is 2.26. The first kappa shape index (κ1) is 16.1. The van der Waals surface area contributed by atoms with E-state index in [-0.39, 0.29) is 0 Å². The van der Waals surface area contributed by atoms with Crippen LogP contribution in [0.5, 0.6) is 0 Å². The highest BCUT2D eigenvalue weighted by Gasteiger charge is 2.42. The van der Waals surface area contributed by atoms with Gasteiger partial charge in [0.1, 0.15) is 0 Å². The van der Waals surface area contributed by atoms with Crippen LogP contribution in [-0.2, 0) is 6.42 Å². The fraction of sp³-hybridized carbons (Fsp3) is 0.647. The number of hydrogen-bond acceptors (Lipinski definition) is 1. The lowest BCUT2D eigenvalue weighted by molar-refractivity contribution is -0.0794. The molecule has 1 aliphatic rings. The van der Waals surface area contributed by atoms with Crippen molar-refractivity contribution < 1.29 is 5.11 Å². The number of aliphatic hydroxyl groups is 1. The third-order valence-corrected chi connectivity index (χ3v) is 5.27. The van der Waals surface area contributed by atoms with Gasteiger partial charge in [0.15, 0.2) is 0 Å². The predicted molar refractivity (Wildman–Crippen MR) is 86.5 cm³/mol. The van der Waals surface area contributed by atoms with Crippen LogP contribution in [0, 0.1) is 17.8 Å². The lowest BCUT2D eigenvalue weighted by Crippen LogP contribution is -2.47. The second kappa shape index (κ2) is 6.25. The van der Waals surface area contributed by atoms with Crippen molar-refractivity contribution in [2.24, 2.45) is 17.8 Å². The fourth-order valence-corrected chi connectivity index (χ4v) is 4.22. The first-order chi connectivity index (χ1) is 9.32. The SMILES string of the molecule is CC1CCC(C(C)C)C(O)(Cc2ccc(Cl)cc2Cl)C1. The summed E-state index contributed by atoms with van der Waals surface area (Å²) in [5.74, 6) is 1.39. The highest BCUT2D eigenvalue weighted by Crippen LogP contribution is 2.43. The van der Waals surface area contributed by atoms with Gasteiger partial charge in [0.05, 0.1) is 5.60 Å². The standard InChI is InChI=1S/C17H24Cl2O/c1-11(2)15-7-4-12(3)9-17(15,20)10-13-5-6-14(18)8-16(13)19/h5-6,8,11-12,15,20H,4,7,9-10H2,1-3H3. The van der Waals surface area contributed by atoms with E-state index < -0.39 is 5.60 Å². The maximum absolute atomic E-state index is 11.2. The van der Waals surface area contributed by atoms with E-state index in [1.165, 1.54) is 6.42 Å². The number of hydrogen-bond donors (Lipinski definition) is 1. The molecule has 1 aromatic carbocycles. The Hall–Kier alpha value is -0.240. The maximum atomic E-state index is 11.2. The van der Waals surface area contributed by atoms with Gasteiger partial charge in [-0.15, -0.1) is 0 Å². The van der Waals surface area contributed by atoms with Crippen molar-refractivity contribution in [2.75, 3.05) is 0 Å². The maximum Gasteiger partial charge on any atom is 0.0721 e. The van der Waals surface area contributed by atoms with Gasteiger partial charge in [-0.3, -0.25) is 0 Å². The topological polar surface area (TPSA) is 20.2 Å². The number of halogens is 2. The zero-order valence-electron chi connectivity index (χ0n) is 12.5. The molecule has 1 aromatic rings. The van der Waals surface area contributed by atoms with E-state index in [9.17, 15) is 5.11 Å². The lowest BCUT2D eigenvalue weighted by atomic mass is 9.65. The predicted octanol–water partition coefficient (Wildman–Crippen LogP) is 5.36. The van der Waals surface area contributed by atoms with Crippen molar-refractivity contribution in [1.82, 2.24) is 0 Å². The van der Waals surface area contributed by atoms with Crippen molar-refractivity contribution in [3.05, 3.63) is 33.8 Å². The van der Waals surface area contributed by atoms with Gasteiger partial charge < -0.3 is 5.11 Å². The minimum atomic E-state index is -0.650. The van der Waals surface area contributed by atoms with Crippen LogP contribution in [0.4, 0.5) is 0 Å². The molecule has 20 heavy (non-hydrogen) atoms. The molecule has 0 heterocycles. The molecule has 0 amide bonds. The molecular formula is C17H24Cl2O. The average Bonchev–Trinajstić information content (AvgIpc) is 2.32. The van der Waals surface area contributed by atoms with E-state index in [0.717, 1.165) is 18.4 Å². The van der Waals surface area contributed by atoms with Crippen LogP contribution in [0.1, 0.15) is 45.6 Å². The molecule has 3 heteroatoms. The zero-order valence-corrected chi connectivity index (χ0v) is 14.0. The van der Waals surface area contributed by atoms with Crippen LogP contribution in [0.15, 0.2) is 18.2 Å². The normalized spacial score (nSPS) is 30.8. The van der Waals surface area contributed by atoms with E-state index in [2.05, 4.69) is 20.8 Å². The van der Waals surface area contributed by atoms with Crippen LogP contribution < -0.4 is 0 Å². The molecule has 0 aliphatic heterocycles. The van der Waals surface area contributed by atoms with Gasteiger partial charge in [-0.05, 0) is 48.3 Å². The van der Waals surface area contributed by atoms with Gasteiger partial charge in [-0.2, -0.15) is 0 Å². The summed E-state index contributed by atoms with van der Waals surface area (Å²) in [6.07, 6.45) is 3.78. The third kappa shape index (κ3) is 3.50. The second-order valence-electron chi connectivity index (χ2n) is 6.75. The first-order valence-electron chi connectivity index (χ1n) is 7.48. The first-order valence-corrected chi connectivity index (χ1v) is 8.23. The summed E-state index contributed by atoms with van der Waals surface area (Å²) in [5.41, 5.74) is 0.349. The van der Waals surface area contributed by atoms with Crippen LogP contribution in [0.2, 0.25) is 10.0 Å². The van der Waals surface area contributed by atoms with E-state index in [0.29, 0.717) is 34.2 Å². The van der Waals surface area contributed by atoms with Crippen molar-refractivity contribution >= 4 is 23.2 Å². The Labute approximate surface area is 132 Å². The minimum Gasteiger partial charge on any atom is -0.389 e. The minimum absolute atomic E-state index is 0.338. The summed E-state index contributed by atoms with van der Waals surface area (Å²) < 4.78 is 0. The quantitative estimate of drug-likeness (QED) is 0.796. The monoisotopic (exact) mass is 314 g/mol. The molecule has 1 N–H and O–H groups in total. The molecule has 112 valence electrons. The summed E-state index contributed by atoms with van der Waals surface area (Å²) in [7, 11) is 0. The third-order valence-electron chi connectivity index (χ3n) is 4.68. The van der Waals surface area contributed by atoms with Gasteiger partial charge >= 0.3 is 0 Å². The Kier molecular flexibility index (Phi) is 5.05. The van der Waals surface area contributed by atoms with Crippen molar-refractivity contribution in [3.63, 3.8) is 0 Å². The molecule has 0 spiro atoms. The lowest BCUT2D eigenvalue weighted by Gasteiger charge is -2.45. The Bertz CT molecular complexity index is 472. The highest BCUT2D eigenvalue weighted by molar-refractivity contribution is 6.35. The van der Waals surface area contributed by atoms with Crippen molar-refractivity contribution in [3.8, 4) is 0 Å². The molecule has 1 saturated carbocycles. The van der Waals surface area contributed by atoms with Crippen molar-refractivity contribution in [1.29, 1.82) is 0 Å². The smallest absolute Gasteiger partial charge is 0.0721 e. The summed E-state index contributed by atoms with van der Waals surface area (Å²) in [5, 5.41) is 12.5. The molecule has 2 rings (SSSR count). The molecule has 0 radical (unpaired) electrons. The second-order valence-corrected chi connectivity index (χ2v) is 7.60. The van der Waals surface area contributed by atoms with Crippen LogP contribution in [0.3, 0.4) is 0 Å². The molecule has 1 aliphatic carbocycles. The number of rotatable bonds is 3. The summed E-state index contributed by atoms with van der Waals surface area (Å²) in [4.78, 5) is 0. The Morgan fingerprint density at radius 3 is 2.60 bits per heavy atom. The van der Waals surface area contributed by atoms with Crippen LogP contribution >= 0.6 is 23.2 Å². The molecule has 1 fully saturated rings. The summed E-state index contributed by atoms with van der Waals surface area (Å²) in [6.45, 7) is 6.63. The van der Waals surface area contributed by atoms with Gasteiger partial charge in [-0.1, -0.05) is 56.5 Å². The number of benzene rings is 1. The van der Waals surface area contributed by atoms with Crippen LogP contribution in [-0.4, -0.2) is 10.7 Å². The molecule has 3 atom stereocenters. The van der Waals surface area contributed by atoms with E-state index in [1.807, 2.05) is 12.1 Å². The van der Waals surface area contributed by atoms with E-state index in [1.54, 1.807) is 6.07 Å². The molecule has 1 nitrogen and oxygen atoms in total. The van der Waals surface area contributed by atoms with E-state index in [4.69, 9.17) is 23.2 Å². The largest absolute Gasteiger partial charge is 0.389 e. The van der Waals surface area contributed by atoms with Crippen molar-refractivity contribution in [2.45, 2.75) is 52.1 Å². The average molecular weight is 315 g/mol. The van der Waals surface area contributed by atoms with E-state index >= 15 is 0 Å². The molecule has 3 unspecified atom stereocenters. The van der Waals surface area contributed by atoms with Gasteiger partial charge in [0.2, 0.25) is 0 Å². The highest BCUT2D eigenvalue weighted by atomic mass is 35.5. The van der Waals surface area contributed by atoms with Gasteiger partial charge in [0.25, 0.3) is 0 Å².